The molecule has 3 heterocycles. The number of ether oxygens (including phenoxy) is 8. The second kappa shape index (κ2) is 22.4. The highest BCUT2D eigenvalue weighted by molar-refractivity contribution is 5.89. The van der Waals surface area contributed by atoms with Crippen LogP contribution in [0.3, 0.4) is 0 Å². The van der Waals surface area contributed by atoms with E-state index in [9.17, 15) is 75.7 Å². The van der Waals surface area contributed by atoms with Gasteiger partial charge in [0.05, 0.1) is 43.5 Å². The van der Waals surface area contributed by atoms with E-state index in [1.54, 1.807) is 39.8 Å². The molecular weight excluding hydrogens is 1050 g/mol. The molecular formula is C57H88O23. The molecule has 0 bridgehead atoms. The second-order valence-corrected chi connectivity index (χ2v) is 26.1. The van der Waals surface area contributed by atoms with Crippen LogP contribution in [0.1, 0.15) is 121 Å². The van der Waals surface area contributed by atoms with Crippen LogP contribution in [0, 0.1) is 50.2 Å². The van der Waals surface area contributed by atoms with Gasteiger partial charge in [-0.2, -0.15) is 0 Å². The number of esters is 2. The van der Waals surface area contributed by atoms with Crippen molar-refractivity contribution in [1.29, 1.82) is 0 Å². The van der Waals surface area contributed by atoms with Crippen LogP contribution >= 0.6 is 0 Å². The molecule has 8 unspecified atom stereocenters. The molecule has 0 radical (unpaired) electrons. The first-order valence-electron chi connectivity index (χ1n) is 28.1. The van der Waals surface area contributed by atoms with Gasteiger partial charge in [-0.05, 0) is 100 Å². The van der Waals surface area contributed by atoms with E-state index in [-0.39, 0.29) is 23.8 Å². The van der Waals surface area contributed by atoms with Crippen LogP contribution in [-0.2, 0) is 52.3 Å². The number of fused-ring (bicyclic) bond motifs is 7. The fraction of sp³-hybridized carbons (Fsp3) is 0.842. The van der Waals surface area contributed by atoms with Crippen molar-refractivity contribution < 1.29 is 114 Å². The maximum Gasteiger partial charge on any atom is 0.333 e. The molecule has 23 heteroatoms. The Morgan fingerprint density at radius 2 is 1.23 bits per heavy atom. The van der Waals surface area contributed by atoms with Crippen molar-refractivity contribution in [2.75, 3.05) is 19.8 Å². The smallest absolute Gasteiger partial charge is 0.333 e. The normalized spacial score (nSPS) is 49.0. The predicted octanol–water partition coefficient (Wildman–Crippen LogP) is 0.612. The molecule has 25 atom stereocenters. The first-order chi connectivity index (χ1) is 37.2. The largest absolute Gasteiger partial charge is 0.479 e. The number of carbonyl (C=O) groups is 3. The van der Waals surface area contributed by atoms with Gasteiger partial charge in [0.15, 0.2) is 37.2 Å². The van der Waals surface area contributed by atoms with Crippen molar-refractivity contribution in [2.24, 2.45) is 50.2 Å². The maximum absolute atomic E-state index is 13.9. The van der Waals surface area contributed by atoms with E-state index < -0.39 is 193 Å². The number of aliphatic carboxylic acids is 1. The SMILES string of the molecule is C/C=C(/C)C(=O)O[C@H]1[C@H](OC(=O)/C(C)=C\C)[C@@]2(CO)C(CC1(C)C)C1=CCC3[C@@]4(C)CC[C@H](O[C@@H]5OC(C(=O)O)C[C@@](O)(O[C@@H]6O[C@H](CO)[C@H](O)C6O)C5O[C@@H]5OC(CO)[C@H](O)[C@H](O)C5O)C(C)(C)C4CC[C@@]3(C)[C@]1(C)[C@@H](O)[C@H]2O. The molecule has 454 valence electrons. The van der Waals surface area contributed by atoms with Gasteiger partial charge in [0.25, 0.3) is 0 Å². The highest BCUT2D eigenvalue weighted by Gasteiger charge is 2.76. The number of aliphatic hydroxyl groups is 11. The third-order valence-electron chi connectivity index (χ3n) is 21.4. The molecule has 4 saturated carbocycles. The van der Waals surface area contributed by atoms with E-state index in [1.807, 2.05) is 34.6 Å². The topological polar surface area (TPSA) is 368 Å². The monoisotopic (exact) mass is 1140 g/mol. The molecule has 23 nitrogen and oxygen atoms in total. The summed E-state index contributed by atoms with van der Waals surface area (Å²) in [6.45, 7) is 18.3. The summed E-state index contributed by atoms with van der Waals surface area (Å²) in [7, 11) is 0. The molecule has 3 saturated heterocycles. The average molecular weight is 1140 g/mol. The van der Waals surface area contributed by atoms with E-state index in [2.05, 4.69) is 19.9 Å². The molecule has 80 heavy (non-hydrogen) atoms. The van der Waals surface area contributed by atoms with Gasteiger partial charge >= 0.3 is 17.9 Å². The number of hydrogen-bond acceptors (Lipinski definition) is 22. The van der Waals surface area contributed by atoms with Crippen LogP contribution in [0.15, 0.2) is 34.9 Å². The quantitative estimate of drug-likeness (QED) is 0.0373. The van der Waals surface area contributed by atoms with Crippen LogP contribution in [0.2, 0.25) is 0 Å². The molecule has 7 fully saturated rings. The number of rotatable bonds is 14. The van der Waals surface area contributed by atoms with Crippen molar-refractivity contribution in [1.82, 2.24) is 0 Å². The summed E-state index contributed by atoms with van der Waals surface area (Å²) in [6, 6.07) is 0. The van der Waals surface area contributed by atoms with Crippen molar-refractivity contribution >= 4 is 17.9 Å². The second-order valence-electron chi connectivity index (χ2n) is 26.1. The lowest BCUT2D eigenvalue weighted by Gasteiger charge is -2.73. The number of carbonyl (C=O) groups excluding carboxylic acids is 2. The Kier molecular flexibility index (Phi) is 17.7. The lowest BCUT2D eigenvalue weighted by Crippen LogP contribution is -2.76. The molecule has 0 amide bonds. The van der Waals surface area contributed by atoms with E-state index in [0.717, 1.165) is 5.57 Å². The van der Waals surface area contributed by atoms with Crippen LogP contribution in [0.25, 0.3) is 0 Å². The minimum atomic E-state index is -2.89. The summed E-state index contributed by atoms with van der Waals surface area (Å²) in [4.78, 5) is 40.3. The van der Waals surface area contributed by atoms with Gasteiger partial charge in [-0.1, -0.05) is 72.3 Å². The fourth-order valence-corrected chi connectivity index (χ4v) is 16.2. The summed E-state index contributed by atoms with van der Waals surface area (Å²) >= 11 is 0. The third kappa shape index (κ3) is 9.76. The van der Waals surface area contributed by atoms with E-state index in [4.69, 9.17) is 37.9 Å². The van der Waals surface area contributed by atoms with Gasteiger partial charge in [-0.25, -0.2) is 14.4 Å². The molecule has 0 aromatic heterocycles. The van der Waals surface area contributed by atoms with E-state index in [1.165, 1.54) is 0 Å². The maximum atomic E-state index is 13.9. The molecule has 0 spiro atoms. The zero-order valence-electron chi connectivity index (χ0n) is 47.7. The van der Waals surface area contributed by atoms with Crippen LogP contribution < -0.4 is 0 Å². The van der Waals surface area contributed by atoms with Crippen LogP contribution in [0.5, 0.6) is 0 Å². The molecule has 12 N–H and O–H groups in total. The minimum Gasteiger partial charge on any atom is -0.479 e. The van der Waals surface area contributed by atoms with E-state index >= 15 is 0 Å². The standard InChI is InChI=1S/C57H88O23/c1-12-25(3)46(70)77-42-43(78-47(71)26(4)13-2)56(24-60)28(20-51(42,5)6)27-14-15-33-53(9)18-17-34(52(7,8)32(53)16-19-54(33,10)55(27,11)40(66)41(56)67)76-50-44(79-48-39(65)37(63)35(61)30(22-58)74-48)57(72,21-29(73-50)45(68)69)80-49-38(64)36(62)31(23-59)75-49/h12-14,28-44,48-50,58-67,72H,15-24H2,1-11H3,(H,68,69)/b25-12-,26-13-/t28?,29?,30?,31-,32?,33?,34+,35+,36+,37+,38?,39?,40+,41-,42+,43+,44?,48+,49+,50+,53+,54-,55+,56+,57-/m1/s1. The van der Waals surface area contributed by atoms with Gasteiger partial charge in [-0.15, -0.1) is 0 Å². The van der Waals surface area contributed by atoms with Gasteiger partial charge in [0.1, 0.15) is 48.8 Å². The zero-order valence-corrected chi connectivity index (χ0v) is 47.7. The predicted molar refractivity (Wildman–Crippen MR) is 277 cm³/mol. The highest BCUT2D eigenvalue weighted by Crippen LogP contribution is 2.76. The molecule has 3 aliphatic heterocycles. The Morgan fingerprint density at radius 1 is 0.662 bits per heavy atom. The fourth-order valence-electron chi connectivity index (χ4n) is 16.2. The Bertz CT molecular complexity index is 2410. The molecule has 0 aromatic carbocycles. The van der Waals surface area contributed by atoms with Crippen molar-refractivity contribution in [3.63, 3.8) is 0 Å². The zero-order chi connectivity index (χ0) is 59.4. The number of allylic oxidation sites excluding steroid dienone is 3. The van der Waals surface area contributed by atoms with Crippen molar-refractivity contribution in [3.05, 3.63) is 34.9 Å². The first kappa shape index (κ1) is 63.0. The van der Waals surface area contributed by atoms with Gasteiger partial charge < -0.3 is 99.2 Å². The number of hydrogen-bond donors (Lipinski definition) is 12. The summed E-state index contributed by atoms with van der Waals surface area (Å²) in [5.41, 5.74) is -4.46. The summed E-state index contributed by atoms with van der Waals surface area (Å²) in [6.07, 6.45) is -21.5. The molecule has 8 aliphatic rings. The lowest BCUT2D eigenvalue weighted by molar-refractivity contribution is -0.432. The van der Waals surface area contributed by atoms with Gasteiger partial charge in [0, 0.05) is 28.4 Å². The third-order valence-corrected chi connectivity index (χ3v) is 21.4. The minimum absolute atomic E-state index is 0.162. The van der Waals surface area contributed by atoms with Crippen molar-refractivity contribution in [3.8, 4) is 0 Å². The Balaban J connectivity index is 1.14. The van der Waals surface area contributed by atoms with Gasteiger partial charge in [-0.3, -0.25) is 0 Å². The molecule has 5 aliphatic carbocycles. The van der Waals surface area contributed by atoms with Gasteiger partial charge in [0.2, 0.25) is 5.79 Å². The summed E-state index contributed by atoms with van der Waals surface area (Å²) in [5, 5.41) is 135. The average Bonchev–Trinajstić information content (AvgIpc) is 2.03. The number of carboxylic acids is 1. The highest BCUT2D eigenvalue weighted by atomic mass is 16.8. The summed E-state index contributed by atoms with van der Waals surface area (Å²) < 4.78 is 48.8. The van der Waals surface area contributed by atoms with Crippen molar-refractivity contribution in [2.45, 2.75) is 231 Å². The Labute approximate surface area is 466 Å². The molecule has 0 aromatic rings. The Hall–Kier alpha value is -3.05. The van der Waals surface area contributed by atoms with Crippen LogP contribution in [0.4, 0.5) is 0 Å². The lowest BCUT2D eigenvalue weighted by atomic mass is 9.32. The van der Waals surface area contributed by atoms with E-state index in [0.29, 0.717) is 37.7 Å². The number of carboxylic acid groups (broad SMARTS) is 1. The summed E-state index contributed by atoms with van der Waals surface area (Å²) in [5.74, 6) is -6.85. The number of aliphatic hydroxyl groups excluding tert-OH is 10. The van der Waals surface area contributed by atoms with Crippen LogP contribution in [-0.4, -0.2) is 209 Å². The first-order valence-corrected chi connectivity index (χ1v) is 28.1. The molecule has 8 rings (SSSR count). The Morgan fingerprint density at radius 3 is 1.79 bits per heavy atom.